The first-order valence-corrected chi connectivity index (χ1v) is 9.01. The van der Waals surface area contributed by atoms with Crippen LogP contribution in [0.3, 0.4) is 0 Å². The second-order valence-corrected chi connectivity index (χ2v) is 6.55. The van der Waals surface area contributed by atoms with Gasteiger partial charge in [-0.15, -0.1) is 0 Å². The number of aryl methyl sites for hydroxylation is 2. The van der Waals surface area contributed by atoms with Crippen molar-refractivity contribution in [3.05, 3.63) is 53.7 Å². The number of thioether (sulfide) groups is 1. The maximum atomic E-state index is 13.5. The highest BCUT2D eigenvalue weighted by Gasteiger charge is 2.10. The van der Waals surface area contributed by atoms with Crippen LogP contribution in [-0.4, -0.2) is 26.8 Å². The second-order valence-electron chi connectivity index (χ2n) is 5.56. The molecule has 1 aromatic carbocycles. The summed E-state index contributed by atoms with van der Waals surface area (Å²) in [4.78, 5) is 20.5. The fraction of sp³-hybridized carbons (Fsp3) is 0.222. The largest absolute Gasteiger partial charge is 0.334 e. The van der Waals surface area contributed by atoms with Crippen molar-refractivity contribution in [3.63, 3.8) is 0 Å². The fourth-order valence-electron chi connectivity index (χ4n) is 2.11. The fourth-order valence-corrected chi connectivity index (χ4v) is 2.76. The minimum absolute atomic E-state index is 0.169. The summed E-state index contributed by atoms with van der Waals surface area (Å²) in [6.07, 6.45) is 2.33. The Morgan fingerprint density at radius 2 is 2.15 bits per heavy atom. The molecule has 0 atom stereocenters. The molecule has 3 aromatic rings. The van der Waals surface area contributed by atoms with Gasteiger partial charge in [-0.1, -0.05) is 29.9 Å². The summed E-state index contributed by atoms with van der Waals surface area (Å²) in [5.41, 5.74) is 1.69. The van der Waals surface area contributed by atoms with Gasteiger partial charge in [0, 0.05) is 18.3 Å². The van der Waals surface area contributed by atoms with E-state index in [4.69, 9.17) is 4.52 Å². The molecule has 0 fully saturated rings. The Kier molecular flexibility index (Phi) is 5.62. The van der Waals surface area contributed by atoms with Gasteiger partial charge in [0.15, 0.2) is 5.82 Å². The van der Waals surface area contributed by atoms with Gasteiger partial charge in [0.2, 0.25) is 5.91 Å². The van der Waals surface area contributed by atoms with Crippen molar-refractivity contribution in [2.75, 3.05) is 11.1 Å². The Hall–Kier alpha value is -2.74. The molecule has 0 bridgehead atoms. The van der Waals surface area contributed by atoms with Crippen LogP contribution in [0.4, 0.5) is 10.1 Å². The molecule has 1 N–H and O–H groups in total. The van der Waals surface area contributed by atoms with Crippen LogP contribution in [0.25, 0.3) is 11.5 Å². The summed E-state index contributed by atoms with van der Waals surface area (Å²) in [5, 5.41) is 7.20. The Bertz CT molecular complexity index is 912. The number of carbonyl (C=O) groups is 1. The average molecular weight is 372 g/mol. The highest BCUT2D eigenvalue weighted by Crippen LogP contribution is 2.21. The van der Waals surface area contributed by atoms with Crippen LogP contribution in [-0.2, 0) is 11.2 Å². The average Bonchev–Trinajstić information content (AvgIpc) is 3.13. The van der Waals surface area contributed by atoms with E-state index in [9.17, 15) is 9.18 Å². The maximum Gasteiger partial charge on any atom is 0.259 e. The van der Waals surface area contributed by atoms with Crippen molar-refractivity contribution in [2.24, 2.45) is 0 Å². The van der Waals surface area contributed by atoms with E-state index >= 15 is 0 Å². The number of anilines is 1. The summed E-state index contributed by atoms with van der Waals surface area (Å²) in [6.45, 7) is 3.62. The Morgan fingerprint density at radius 3 is 2.81 bits per heavy atom. The third-order valence-corrected chi connectivity index (χ3v) is 4.52. The molecule has 3 rings (SSSR count). The molecule has 26 heavy (non-hydrogen) atoms. The first-order chi connectivity index (χ1) is 12.5. The molecular weight excluding hydrogens is 355 g/mol. The molecule has 0 radical (unpaired) electrons. The summed E-state index contributed by atoms with van der Waals surface area (Å²) in [5.74, 6) is 0.656. The smallest absolute Gasteiger partial charge is 0.259 e. The number of rotatable bonds is 6. The molecule has 134 valence electrons. The van der Waals surface area contributed by atoms with Gasteiger partial charge in [-0.05, 0) is 36.8 Å². The van der Waals surface area contributed by atoms with E-state index in [1.165, 1.54) is 17.8 Å². The van der Waals surface area contributed by atoms with Gasteiger partial charge in [0.1, 0.15) is 5.82 Å². The van der Waals surface area contributed by atoms with E-state index in [-0.39, 0.29) is 17.5 Å². The predicted molar refractivity (Wildman–Crippen MR) is 97.4 cm³/mol. The van der Waals surface area contributed by atoms with Crippen LogP contribution >= 0.6 is 11.8 Å². The zero-order valence-corrected chi connectivity index (χ0v) is 15.1. The molecule has 0 unspecified atom stereocenters. The summed E-state index contributed by atoms with van der Waals surface area (Å²) < 4.78 is 18.7. The van der Waals surface area contributed by atoms with E-state index < -0.39 is 0 Å². The molecule has 8 heteroatoms. The molecule has 0 aliphatic rings. The number of aromatic nitrogens is 3. The van der Waals surface area contributed by atoms with Crippen molar-refractivity contribution >= 4 is 23.4 Å². The number of benzene rings is 1. The topological polar surface area (TPSA) is 80.9 Å². The SMILES string of the molecule is CCc1noc(-c2ccc(SCC(=O)Nc3ccc(C)c(F)c3)nc2)n1. The Morgan fingerprint density at radius 1 is 1.31 bits per heavy atom. The summed E-state index contributed by atoms with van der Waals surface area (Å²) >= 11 is 1.29. The van der Waals surface area contributed by atoms with Crippen LogP contribution in [0.1, 0.15) is 18.3 Å². The van der Waals surface area contributed by atoms with E-state index in [1.807, 2.05) is 13.0 Å². The highest BCUT2D eigenvalue weighted by atomic mass is 32.2. The zero-order valence-electron chi connectivity index (χ0n) is 14.3. The number of halogens is 1. The number of hydrogen-bond donors (Lipinski definition) is 1. The maximum absolute atomic E-state index is 13.5. The lowest BCUT2D eigenvalue weighted by Crippen LogP contribution is -2.14. The van der Waals surface area contributed by atoms with Gasteiger partial charge in [-0.25, -0.2) is 9.37 Å². The monoisotopic (exact) mass is 372 g/mol. The van der Waals surface area contributed by atoms with Crippen molar-refractivity contribution in [3.8, 4) is 11.5 Å². The van der Waals surface area contributed by atoms with Crippen LogP contribution in [0, 0.1) is 12.7 Å². The third kappa shape index (κ3) is 4.45. The van der Waals surface area contributed by atoms with E-state index in [2.05, 4.69) is 20.4 Å². The van der Waals surface area contributed by atoms with E-state index in [1.54, 1.807) is 31.3 Å². The van der Waals surface area contributed by atoms with Crippen molar-refractivity contribution in [1.29, 1.82) is 0 Å². The predicted octanol–water partition coefficient (Wildman–Crippen LogP) is 3.87. The van der Waals surface area contributed by atoms with Gasteiger partial charge >= 0.3 is 0 Å². The van der Waals surface area contributed by atoms with Crippen LogP contribution in [0.15, 0.2) is 46.1 Å². The van der Waals surface area contributed by atoms with Crippen molar-refractivity contribution in [1.82, 2.24) is 15.1 Å². The summed E-state index contributed by atoms with van der Waals surface area (Å²) in [7, 11) is 0. The van der Waals surface area contributed by atoms with Crippen LogP contribution < -0.4 is 5.32 Å². The van der Waals surface area contributed by atoms with Gasteiger partial charge in [0.05, 0.1) is 16.3 Å². The molecule has 0 aliphatic carbocycles. The molecule has 0 aliphatic heterocycles. The molecule has 0 saturated carbocycles. The first-order valence-electron chi connectivity index (χ1n) is 8.03. The minimum Gasteiger partial charge on any atom is -0.334 e. The number of nitrogens with zero attached hydrogens (tertiary/aromatic N) is 3. The minimum atomic E-state index is -0.347. The van der Waals surface area contributed by atoms with E-state index in [0.29, 0.717) is 34.4 Å². The lowest BCUT2D eigenvalue weighted by Gasteiger charge is -2.06. The van der Waals surface area contributed by atoms with Gasteiger partial charge in [-0.3, -0.25) is 4.79 Å². The highest BCUT2D eigenvalue weighted by molar-refractivity contribution is 7.99. The number of pyridine rings is 1. The molecule has 1 amide bonds. The molecular formula is C18H17FN4O2S. The standard InChI is InChI=1S/C18H17FN4O2S/c1-3-15-22-18(25-23-15)12-5-7-17(20-9-12)26-10-16(24)21-13-6-4-11(2)14(19)8-13/h4-9H,3,10H2,1-2H3,(H,21,24). The van der Waals surface area contributed by atoms with E-state index in [0.717, 1.165) is 5.56 Å². The quantitative estimate of drug-likeness (QED) is 0.662. The first kappa shape index (κ1) is 18.1. The van der Waals surface area contributed by atoms with Gasteiger partial charge in [0.25, 0.3) is 5.89 Å². The molecule has 6 nitrogen and oxygen atoms in total. The van der Waals surface area contributed by atoms with Crippen LogP contribution in [0.5, 0.6) is 0 Å². The number of hydrogen-bond acceptors (Lipinski definition) is 6. The van der Waals surface area contributed by atoms with Crippen molar-refractivity contribution in [2.45, 2.75) is 25.3 Å². The molecule has 0 saturated heterocycles. The third-order valence-electron chi connectivity index (χ3n) is 3.57. The normalized spacial score (nSPS) is 10.7. The summed E-state index contributed by atoms with van der Waals surface area (Å²) in [6, 6.07) is 8.20. The number of amides is 1. The zero-order chi connectivity index (χ0) is 18.5. The molecule has 2 heterocycles. The Labute approximate surface area is 154 Å². The van der Waals surface area contributed by atoms with Crippen molar-refractivity contribution < 1.29 is 13.7 Å². The lowest BCUT2D eigenvalue weighted by molar-refractivity contribution is -0.113. The molecule has 2 aromatic heterocycles. The molecule has 0 spiro atoms. The van der Waals surface area contributed by atoms with Gasteiger partial charge in [-0.2, -0.15) is 4.98 Å². The number of nitrogens with one attached hydrogen (secondary N) is 1. The van der Waals surface area contributed by atoms with Gasteiger partial charge < -0.3 is 9.84 Å². The Balaban J connectivity index is 1.55. The second kappa shape index (κ2) is 8.09. The van der Waals surface area contributed by atoms with Crippen LogP contribution in [0.2, 0.25) is 0 Å². The number of carbonyl (C=O) groups excluding carboxylic acids is 1. The lowest BCUT2D eigenvalue weighted by atomic mass is 10.2.